The summed E-state index contributed by atoms with van der Waals surface area (Å²) < 4.78 is 13.9. The lowest BCUT2D eigenvalue weighted by atomic mass is 10.1. The molecule has 2 rings (SSSR count). The fourth-order valence-electron chi connectivity index (χ4n) is 2.17. The number of hydrogen-bond acceptors (Lipinski definition) is 3. The van der Waals surface area contributed by atoms with Gasteiger partial charge in [0, 0.05) is 5.56 Å². The molecule has 0 radical (unpaired) electrons. The Morgan fingerprint density at radius 3 is 2.85 bits per heavy atom. The molecule has 20 heavy (non-hydrogen) atoms. The number of urea groups is 1. The number of rotatable bonds is 4. The van der Waals surface area contributed by atoms with Crippen LogP contribution in [0.3, 0.4) is 0 Å². The summed E-state index contributed by atoms with van der Waals surface area (Å²) >= 11 is 0. The largest absolute Gasteiger partial charge is 0.326 e. The van der Waals surface area contributed by atoms with Crippen molar-refractivity contribution in [3.8, 4) is 6.07 Å². The van der Waals surface area contributed by atoms with Crippen LogP contribution in [0.2, 0.25) is 0 Å². The zero-order valence-electron chi connectivity index (χ0n) is 11.0. The summed E-state index contributed by atoms with van der Waals surface area (Å²) in [6.45, 7) is 1.75. The third-order valence-corrected chi connectivity index (χ3v) is 3.21. The van der Waals surface area contributed by atoms with Crippen molar-refractivity contribution in [2.24, 2.45) is 0 Å². The van der Waals surface area contributed by atoms with E-state index in [0.29, 0.717) is 6.42 Å². The number of amides is 3. The van der Waals surface area contributed by atoms with E-state index in [4.69, 9.17) is 5.26 Å². The number of carbonyl (C=O) groups excluding carboxylic acids is 2. The van der Waals surface area contributed by atoms with Crippen LogP contribution in [0.25, 0.3) is 0 Å². The molecule has 1 aromatic rings. The van der Waals surface area contributed by atoms with Gasteiger partial charge in [-0.25, -0.2) is 9.18 Å². The van der Waals surface area contributed by atoms with Gasteiger partial charge in [-0.15, -0.1) is 0 Å². The van der Waals surface area contributed by atoms with E-state index in [2.05, 4.69) is 5.32 Å². The van der Waals surface area contributed by atoms with Crippen LogP contribution < -0.4 is 5.32 Å². The fraction of sp³-hybridized carbons (Fsp3) is 0.357. The van der Waals surface area contributed by atoms with Crippen molar-refractivity contribution >= 4 is 11.9 Å². The van der Waals surface area contributed by atoms with Crippen molar-refractivity contribution < 1.29 is 14.0 Å². The fourth-order valence-corrected chi connectivity index (χ4v) is 2.17. The summed E-state index contributed by atoms with van der Waals surface area (Å²) in [5.74, 6) is -1.03. The molecule has 1 fully saturated rings. The maximum absolute atomic E-state index is 13.9. The second kappa shape index (κ2) is 5.70. The van der Waals surface area contributed by atoms with Crippen molar-refractivity contribution in [1.29, 1.82) is 5.26 Å². The topological polar surface area (TPSA) is 73.2 Å². The van der Waals surface area contributed by atoms with Crippen LogP contribution in [0.4, 0.5) is 9.18 Å². The molecule has 1 N–H and O–H groups in total. The molecule has 3 amide bonds. The van der Waals surface area contributed by atoms with E-state index in [9.17, 15) is 14.0 Å². The Morgan fingerprint density at radius 1 is 1.45 bits per heavy atom. The van der Waals surface area contributed by atoms with Crippen LogP contribution in [0, 0.1) is 17.1 Å². The quantitative estimate of drug-likeness (QED) is 0.853. The molecule has 1 heterocycles. The number of nitrogens with one attached hydrogen (secondary N) is 1. The smallest absolute Gasteiger partial charge is 0.325 e. The molecule has 1 aliphatic heterocycles. The third kappa shape index (κ3) is 2.48. The maximum atomic E-state index is 13.9. The number of halogens is 1. The second-order valence-electron chi connectivity index (χ2n) is 4.61. The Hall–Kier alpha value is -2.42. The monoisotopic (exact) mass is 275 g/mol. The van der Waals surface area contributed by atoms with Crippen LogP contribution in [-0.2, 0) is 11.3 Å². The summed E-state index contributed by atoms with van der Waals surface area (Å²) in [7, 11) is 0. The maximum Gasteiger partial charge on any atom is 0.325 e. The standard InChI is InChI=1S/C14H14FN3O2/c1-2-4-11-13(19)18(14(20)17-11)8-10-6-3-5-9(7-16)12(10)15/h3,5-6,11H,2,4,8H2,1H3,(H,17,20). The number of nitriles is 1. The van der Waals surface area contributed by atoms with E-state index >= 15 is 0 Å². The zero-order chi connectivity index (χ0) is 14.7. The third-order valence-electron chi connectivity index (χ3n) is 3.21. The minimum atomic E-state index is -0.686. The van der Waals surface area contributed by atoms with Gasteiger partial charge in [0.2, 0.25) is 0 Å². The van der Waals surface area contributed by atoms with Gasteiger partial charge >= 0.3 is 6.03 Å². The van der Waals surface area contributed by atoms with Gasteiger partial charge in [-0.3, -0.25) is 9.69 Å². The first kappa shape index (κ1) is 14.0. The predicted molar refractivity (Wildman–Crippen MR) is 68.9 cm³/mol. The van der Waals surface area contributed by atoms with Gasteiger partial charge < -0.3 is 5.32 Å². The minimum Gasteiger partial charge on any atom is -0.326 e. The Morgan fingerprint density at radius 2 is 2.20 bits per heavy atom. The SMILES string of the molecule is CCCC1NC(=O)N(Cc2cccc(C#N)c2F)C1=O. The Balaban J connectivity index is 2.21. The minimum absolute atomic E-state index is 0.0975. The zero-order valence-corrected chi connectivity index (χ0v) is 11.0. The molecule has 0 aromatic heterocycles. The van der Waals surface area contributed by atoms with Gasteiger partial charge in [0.05, 0.1) is 12.1 Å². The van der Waals surface area contributed by atoms with Gasteiger partial charge in [-0.2, -0.15) is 5.26 Å². The molecule has 104 valence electrons. The summed E-state index contributed by atoms with van der Waals surface area (Å²) in [5.41, 5.74) is 0.0596. The van der Waals surface area contributed by atoms with Crippen molar-refractivity contribution in [3.05, 3.63) is 35.1 Å². The lowest BCUT2D eigenvalue weighted by Crippen LogP contribution is -2.31. The summed E-state index contributed by atoms with van der Waals surface area (Å²) in [6.07, 6.45) is 1.32. The van der Waals surface area contributed by atoms with E-state index in [0.717, 1.165) is 11.3 Å². The highest BCUT2D eigenvalue weighted by Crippen LogP contribution is 2.18. The molecule has 1 aromatic carbocycles. The van der Waals surface area contributed by atoms with E-state index < -0.39 is 17.9 Å². The molecule has 1 atom stereocenters. The van der Waals surface area contributed by atoms with E-state index in [1.54, 1.807) is 6.07 Å². The van der Waals surface area contributed by atoms with Crippen LogP contribution in [0.1, 0.15) is 30.9 Å². The lowest BCUT2D eigenvalue weighted by molar-refractivity contribution is -0.128. The van der Waals surface area contributed by atoms with Gasteiger partial charge in [0.15, 0.2) is 0 Å². The van der Waals surface area contributed by atoms with Crippen LogP contribution >= 0.6 is 0 Å². The summed E-state index contributed by atoms with van der Waals surface area (Å²) in [6, 6.07) is 5.02. The van der Waals surface area contributed by atoms with Gasteiger partial charge in [-0.1, -0.05) is 25.5 Å². The number of nitrogens with zero attached hydrogens (tertiary/aromatic N) is 2. The first-order valence-electron chi connectivity index (χ1n) is 6.37. The predicted octanol–water partition coefficient (Wildman–Crippen LogP) is 1.92. The molecular formula is C14H14FN3O2. The first-order chi connectivity index (χ1) is 9.58. The normalized spacial score (nSPS) is 18.1. The number of imide groups is 1. The van der Waals surface area contributed by atoms with Crippen LogP contribution in [0.15, 0.2) is 18.2 Å². The van der Waals surface area contributed by atoms with Crippen molar-refractivity contribution in [2.75, 3.05) is 0 Å². The Bertz CT molecular complexity index is 595. The average Bonchev–Trinajstić information content (AvgIpc) is 2.69. The van der Waals surface area contributed by atoms with Crippen molar-refractivity contribution in [1.82, 2.24) is 10.2 Å². The number of carbonyl (C=O) groups is 2. The number of hydrogen-bond donors (Lipinski definition) is 1. The number of benzene rings is 1. The second-order valence-corrected chi connectivity index (χ2v) is 4.61. The van der Waals surface area contributed by atoms with Crippen molar-refractivity contribution in [3.63, 3.8) is 0 Å². The van der Waals surface area contributed by atoms with Crippen LogP contribution in [0.5, 0.6) is 0 Å². The molecule has 6 heteroatoms. The van der Waals surface area contributed by atoms with Crippen LogP contribution in [-0.4, -0.2) is 22.9 Å². The Labute approximate surface area is 116 Å². The first-order valence-corrected chi connectivity index (χ1v) is 6.37. The van der Waals surface area contributed by atoms with Gasteiger partial charge in [0.1, 0.15) is 17.9 Å². The highest BCUT2D eigenvalue weighted by molar-refractivity contribution is 6.04. The molecule has 0 spiro atoms. The molecule has 0 saturated carbocycles. The summed E-state index contributed by atoms with van der Waals surface area (Å²) in [4.78, 5) is 24.8. The Kier molecular flexibility index (Phi) is 3.99. The molecule has 0 aliphatic carbocycles. The van der Waals surface area contributed by atoms with Gasteiger partial charge in [-0.05, 0) is 12.5 Å². The molecule has 1 aliphatic rings. The molecule has 0 bridgehead atoms. The molecule has 5 nitrogen and oxygen atoms in total. The van der Waals surface area contributed by atoms with E-state index in [1.807, 2.05) is 6.92 Å². The highest BCUT2D eigenvalue weighted by atomic mass is 19.1. The highest BCUT2D eigenvalue weighted by Gasteiger charge is 2.37. The van der Waals surface area contributed by atoms with Crippen molar-refractivity contribution in [2.45, 2.75) is 32.4 Å². The molecule has 1 saturated heterocycles. The molecular weight excluding hydrogens is 261 g/mol. The van der Waals surface area contributed by atoms with E-state index in [1.165, 1.54) is 18.2 Å². The van der Waals surface area contributed by atoms with E-state index in [-0.39, 0.29) is 23.6 Å². The lowest BCUT2D eigenvalue weighted by Gasteiger charge is -2.13. The van der Waals surface area contributed by atoms with Gasteiger partial charge in [0.25, 0.3) is 5.91 Å². The summed E-state index contributed by atoms with van der Waals surface area (Å²) in [5, 5.41) is 11.3. The molecule has 1 unspecified atom stereocenters. The average molecular weight is 275 g/mol.